The number of rotatable bonds is 8. The number of hydrogen-bond acceptors (Lipinski definition) is 4. The topological polar surface area (TPSA) is 50.8 Å². The minimum atomic E-state index is -0.0584. The molecule has 1 aromatic carbocycles. The first kappa shape index (κ1) is 17.6. The summed E-state index contributed by atoms with van der Waals surface area (Å²) in [6.45, 7) is 10.00. The Morgan fingerprint density at radius 3 is 2.65 bits per heavy atom. The number of likely N-dealkylation sites (N-methyl/N-ethyl adjacent to an activating group) is 1. The lowest BCUT2D eigenvalue weighted by molar-refractivity contribution is 0.0941. The van der Waals surface area contributed by atoms with Gasteiger partial charge in [-0.3, -0.25) is 9.69 Å². The summed E-state index contributed by atoms with van der Waals surface area (Å²) in [5, 5.41) is 3.05. The van der Waals surface area contributed by atoms with Gasteiger partial charge in [-0.2, -0.15) is 0 Å². The highest BCUT2D eigenvalue weighted by Gasteiger charge is 2.23. The average molecular weight is 320 g/mol. The molecule has 1 heterocycles. The molecule has 0 saturated carbocycles. The number of ether oxygens (including phenoxy) is 2. The molecule has 5 nitrogen and oxygen atoms in total. The summed E-state index contributed by atoms with van der Waals surface area (Å²) in [6, 6.07) is 5.81. The van der Waals surface area contributed by atoms with Gasteiger partial charge in [0.15, 0.2) is 11.5 Å². The average Bonchev–Trinajstić information content (AvgIpc) is 3.02. The Bertz CT molecular complexity index is 519. The fourth-order valence-electron chi connectivity index (χ4n) is 3.05. The third-order valence-corrected chi connectivity index (χ3v) is 4.21. The molecule has 128 valence electrons. The second-order valence-corrected chi connectivity index (χ2v) is 5.66. The van der Waals surface area contributed by atoms with Gasteiger partial charge in [0.05, 0.1) is 13.2 Å². The summed E-state index contributed by atoms with van der Waals surface area (Å²) >= 11 is 0. The van der Waals surface area contributed by atoms with E-state index in [-0.39, 0.29) is 5.91 Å². The molecule has 1 fully saturated rings. The fraction of sp³-hybridized carbons (Fsp3) is 0.611. The summed E-state index contributed by atoms with van der Waals surface area (Å²) in [5.41, 5.74) is 0.609. The summed E-state index contributed by atoms with van der Waals surface area (Å²) < 4.78 is 11.1. The number of carbonyl (C=O) groups excluding carboxylic acids is 1. The zero-order valence-electron chi connectivity index (χ0n) is 14.4. The van der Waals surface area contributed by atoms with E-state index in [2.05, 4.69) is 17.1 Å². The molecule has 0 aromatic heterocycles. The molecule has 1 aliphatic rings. The van der Waals surface area contributed by atoms with Crippen molar-refractivity contribution in [3.8, 4) is 11.5 Å². The highest BCUT2D eigenvalue weighted by atomic mass is 16.5. The van der Waals surface area contributed by atoms with Gasteiger partial charge >= 0.3 is 0 Å². The quantitative estimate of drug-likeness (QED) is 0.800. The molecule has 0 bridgehead atoms. The number of benzene rings is 1. The van der Waals surface area contributed by atoms with Gasteiger partial charge in [-0.15, -0.1) is 0 Å². The van der Waals surface area contributed by atoms with Crippen LogP contribution in [0.15, 0.2) is 18.2 Å². The first-order valence-corrected chi connectivity index (χ1v) is 8.61. The van der Waals surface area contributed by atoms with Crippen LogP contribution in [0.5, 0.6) is 11.5 Å². The smallest absolute Gasteiger partial charge is 0.251 e. The monoisotopic (exact) mass is 320 g/mol. The predicted molar refractivity (Wildman–Crippen MR) is 91.4 cm³/mol. The van der Waals surface area contributed by atoms with Crippen molar-refractivity contribution in [2.75, 3.05) is 32.8 Å². The van der Waals surface area contributed by atoms with Gasteiger partial charge in [-0.05, 0) is 58.0 Å². The lowest BCUT2D eigenvalue weighted by Crippen LogP contribution is -2.40. The molecule has 1 unspecified atom stereocenters. The summed E-state index contributed by atoms with van der Waals surface area (Å²) in [7, 11) is 0. The lowest BCUT2D eigenvalue weighted by atomic mass is 10.1. The van der Waals surface area contributed by atoms with Crippen molar-refractivity contribution < 1.29 is 14.3 Å². The number of carbonyl (C=O) groups is 1. The molecule has 1 N–H and O–H groups in total. The van der Waals surface area contributed by atoms with E-state index < -0.39 is 0 Å². The molecule has 0 aliphatic carbocycles. The normalized spacial score (nSPS) is 18.0. The molecule has 1 atom stereocenters. The van der Waals surface area contributed by atoms with Crippen molar-refractivity contribution in [1.82, 2.24) is 10.2 Å². The van der Waals surface area contributed by atoms with Crippen molar-refractivity contribution in [1.29, 1.82) is 0 Å². The van der Waals surface area contributed by atoms with E-state index in [1.165, 1.54) is 6.42 Å². The van der Waals surface area contributed by atoms with Gasteiger partial charge in [-0.1, -0.05) is 6.92 Å². The number of likely N-dealkylation sites (tertiary alicyclic amines) is 1. The zero-order valence-corrected chi connectivity index (χ0v) is 14.4. The summed E-state index contributed by atoms with van der Waals surface area (Å²) in [6.07, 6.45) is 2.37. The Balaban J connectivity index is 1.99. The molecule has 1 amide bonds. The minimum Gasteiger partial charge on any atom is -0.490 e. The lowest BCUT2D eigenvalue weighted by Gasteiger charge is -2.23. The van der Waals surface area contributed by atoms with Gasteiger partial charge < -0.3 is 14.8 Å². The second-order valence-electron chi connectivity index (χ2n) is 5.66. The molecule has 5 heteroatoms. The standard InChI is InChI=1S/C18H28N2O3/c1-4-20-11-7-8-15(20)13-19-18(21)14-9-10-16(22-5-2)17(12-14)23-6-3/h9-10,12,15H,4-8,11,13H2,1-3H3,(H,19,21). The van der Waals surface area contributed by atoms with Crippen LogP contribution >= 0.6 is 0 Å². The van der Waals surface area contributed by atoms with Gasteiger partial charge in [0.1, 0.15) is 0 Å². The molecule has 23 heavy (non-hydrogen) atoms. The largest absolute Gasteiger partial charge is 0.490 e. The second kappa shape index (κ2) is 8.77. The molecule has 1 aromatic rings. The SMILES string of the molecule is CCOc1ccc(C(=O)NCC2CCCN2CC)cc1OCC. The van der Waals surface area contributed by atoms with E-state index in [1.807, 2.05) is 13.8 Å². The number of amides is 1. The number of nitrogens with one attached hydrogen (secondary N) is 1. The van der Waals surface area contributed by atoms with Crippen LogP contribution < -0.4 is 14.8 Å². The van der Waals surface area contributed by atoms with Crippen LogP contribution in [0.2, 0.25) is 0 Å². The van der Waals surface area contributed by atoms with Crippen molar-refractivity contribution in [3.63, 3.8) is 0 Å². The van der Waals surface area contributed by atoms with E-state index >= 15 is 0 Å². The van der Waals surface area contributed by atoms with Crippen molar-refractivity contribution in [2.45, 2.75) is 39.7 Å². The first-order chi connectivity index (χ1) is 11.2. The Hall–Kier alpha value is -1.75. The van der Waals surface area contributed by atoms with E-state index in [0.717, 1.165) is 19.5 Å². The maximum absolute atomic E-state index is 12.4. The third kappa shape index (κ3) is 4.61. The number of nitrogens with zero attached hydrogens (tertiary/aromatic N) is 1. The van der Waals surface area contributed by atoms with Crippen LogP contribution in [-0.4, -0.2) is 49.7 Å². The first-order valence-electron chi connectivity index (χ1n) is 8.61. The van der Waals surface area contributed by atoms with Gasteiger partial charge in [0.2, 0.25) is 0 Å². The van der Waals surface area contributed by atoms with E-state index in [0.29, 0.717) is 42.9 Å². The number of hydrogen-bond donors (Lipinski definition) is 1. The minimum absolute atomic E-state index is 0.0584. The Kier molecular flexibility index (Phi) is 6.71. The maximum atomic E-state index is 12.4. The Morgan fingerprint density at radius 1 is 1.22 bits per heavy atom. The third-order valence-electron chi connectivity index (χ3n) is 4.21. The molecule has 2 rings (SSSR count). The molecular formula is C18H28N2O3. The van der Waals surface area contributed by atoms with Crippen LogP contribution in [-0.2, 0) is 0 Å². The summed E-state index contributed by atoms with van der Waals surface area (Å²) in [5.74, 6) is 1.24. The molecule has 0 spiro atoms. The van der Waals surface area contributed by atoms with E-state index in [4.69, 9.17) is 9.47 Å². The molecule has 1 saturated heterocycles. The Labute approximate surface area is 139 Å². The molecule has 0 radical (unpaired) electrons. The maximum Gasteiger partial charge on any atom is 0.251 e. The van der Waals surface area contributed by atoms with E-state index in [1.54, 1.807) is 18.2 Å². The van der Waals surface area contributed by atoms with Gasteiger partial charge in [0.25, 0.3) is 5.91 Å². The van der Waals surface area contributed by atoms with Crippen molar-refractivity contribution in [2.24, 2.45) is 0 Å². The van der Waals surface area contributed by atoms with Crippen LogP contribution in [0.4, 0.5) is 0 Å². The van der Waals surface area contributed by atoms with Crippen LogP contribution in [0.3, 0.4) is 0 Å². The zero-order chi connectivity index (χ0) is 16.7. The highest BCUT2D eigenvalue weighted by Crippen LogP contribution is 2.28. The molecule has 1 aliphatic heterocycles. The Morgan fingerprint density at radius 2 is 1.96 bits per heavy atom. The highest BCUT2D eigenvalue weighted by molar-refractivity contribution is 5.94. The van der Waals surface area contributed by atoms with Crippen LogP contribution in [0.25, 0.3) is 0 Å². The van der Waals surface area contributed by atoms with E-state index in [9.17, 15) is 4.79 Å². The predicted octanol–water partition coefficient (Wildman–Crippen LogP) is 2.70. The van der Waals surface area contributed by atoms with Crippen LogP contribution in [0.1, 0.15) is 44.0 Å². The summed E-state index contributed by atoms with van der Waals surface area (Å²) in [4.78, 5) is 14.8. The van der Waals surface area contributed by atoms with Crippen molar-refractivity contribution in [3.05, 3.63) is 23.8 Å². The van der Waals surface area contributed by atoms with Crippen molar-refractivity contribution >= 4 is 5.91 Å². The molecular weight excluding hydrogens is 292 g/mol. The van der Waals surface area contributed by atoms with Gasteiger partial charge in [-0.25, -0.2) is 0 Å². The fourth-order valence-corrected chi connectivity index (χ4v) is 3.05. The van der Waals surface area contributed by atoms with Crippen LogP contribution in [0, 0.1) is 0 Å². The van der Waals surface area contributed by atoms with Gasteiger partial charge in [0, 0.05) is 18.2 Å².